The zero-order valence-electron chi connectivity index (χ0n) is 12.6. The number of terminal acetylenes is 1. The van der Waals surface area contributed by atoms with Gasteiger partial charge in [0.1, 0.15) is 14.9 Å². The standard InChI is InChI=1S/C14H7F3N4O4S/c1-2-3-6-7-4-9(20-13(23)18-12(26)19-14(20)24)8(15)5-10(7)25-21(16,17)11(6)22/h1,4-6H,3H2,(H-,18,19,23,24,26)/p+1. The van der Waals surface area contributed by atoms with Crippen molar-refractivity contribution in [3.63, 3.8) is 0 Å². The smallest absolute Gasteiger partial charge is 0.284 e. The first-order valence-electron chi connectivity index (χ1n) is 6.91. The molecule has 1 atom stereocenters. The van der Waals surface area contributed by atoms with Gasteiger partial charge in [-0.15, -0.1) is 12.3 Å². The number of hydrogen-bond donors (Lipinski definition) is 2. The lowest BCUT2D eigenvalue weighted by Gasteiger charge is -2.24. The normalized spacial score (nSPS) is 17.9. The zero-order valence-corrected chi connectivity index (χ0v) is 13.4. The number of benzene rings is 1. The topological polar surface area (TPSA) is 96.9 Å². The number of carbonyl (C=O) groups excluding carboxylic acids is 1. The molecule has 12 heteroatoms. The number of aromatic amines is 2. The molecule has 1 aliphatic heterocycles. The molecule has 0 aliphatic carbocycles. The number of carbonyl (C=O) groups is 1. The highest BCUT2D eigenvalue weighted by Gasteiger charge is 2.56. The summed E-state index contributed by atoms with van der Waals surface area (Å²) in [5.74, 6) is -2.95. The molecule has 1 unspecified atom stereocenters. The van der Waals surface area contributed by atoms with Gasteiger partial charge in [0.25, 0.3) is 0 Å². The fourth-order valence-corrected chi connectivity index (χ4v) is 2.70. The number of aromatic nitrogens is 3. The maximum absolute atomic E-state index is 14.4. The minimum Gasteiger partial charge on any atom is -0.284 e. The van der Waals surface area contributed by atoms with E-state index in [4.69, 9.17) is 6.42 Å². The van der Waals surface area contributed by atoms with E-state index in [0.717, 1.165) is 6.07 Å². The second kappa shape index (κ2) is 5.97. The summed E-state index contributed by atoms with van der Waals surface area (Å²) in [5.41, 5.74) is -2.88. The molecule has 0 fully saturated rings. The summed E-state index contributed by atoms with van der Waals surface area (Å²) in [7, 11) is 0. The van der Waals surface area contributed by atoms with Crippen molar-refractivity contribution in [1.29, 1.82) is 0 Å². The summed E-state index contributed by atoms with van der Waals surface area (Å²) in [5, 5.41) is -3.46. The van der Waals surface area contributed by atoms with Crippen LogP contribution >= 0.6 is 12.2 Å². The number of hydroxylamine groups is 1. The maximum atomic E-state index is 14.4. The van der Waals surface area contributed by atoms with Gasteiger partial charge in [-0.3, -0.25) is 9.97 Å². The third-order valence-electron chi connectivity index (χ3n) is 3.63. The molecule has 1 aromatic heterocycles. The van der Waals surface area contributed by atoms with Crippen LogP contribution in [0, 0.1) is 22.9 Å². The highest BCUT2D eigenvalue weighted by molar-refractivity contribution is 7.71. The van der Waals surface area contributed by atoms with Crippen LogP contribution in [0.15, 0.2) is 21.7 Å². The Morgan fingerprint density at radius 3 is 2.46 bits per heavy atom. The lowest BCUT2D eigenvalue weighted by Crippen LogP contribution is -2.47. The monoisotopic (exact) mass is 385 g/mol. The number of hydrogen-bond acceptors (Lipinski definition) is 5. The van der Waals surface area contributed by atoms with Crippen LogP contribution in [0.25, 0.3) is 5.69 Å². The number of nitrogens with zero attached hydrogens (tertiary/aromatic N) is 2. The summed E-state index contributed by atoms with van der Waals surface area (Å²) in [6.45, 7) is 0. The van der Waals surface area contributed by atoms with Gasteiger partial charge in [0.05, 0.1) is 5.69 Å². The predicted molar refractivity (Wildman–Crippen MR) is 82.1 cm³/mol. The first kappa shape index (κ1) is 17.6. The van der Waals surface area contributed by atoms with E-state index in [1.807, 2.05) is 0 Å². The van der Waals surface area contributed by atoms with E-state index in [0.29, 0.717) is 10.6 Å². The Kier molecular flexibility index (Phi) is 4.05. The average molecular weight is 385 g/mol. The molecule has 0 spiro atoms. The van der Waals surface area contributed by atoms with Crippen molar-refractivity contribution in [1.82, 2.24) is 14.5 Å². The number of halogens is 3. The van der Waals surface area contributed by atoms with E-state index < -0.39 is 52.0 Å². The molecule has 8 nitrogen and oxygen atoms in total. The maximum Gasteiger partial charge on any atom is 0.446 e. The molecule has 26 heavy (non-hydrogen) atoms. The Labute approximate surface area is 146 Å². The van der Waals surface area contributed by atoms with Crippen LogP contribution in [-0.2, 0) is 4.79 Å². The molecule has 1 amide bonds. The van der Waals surface area contributed by atoms with Crippen molar-refractivity contribution in [2.45, 2.75) is 12.3 Å². The summed E-state index contributed by atoms with van der Waals surface area (Å²) >= 11 is 4.63. The minimum absolute atomic E-state index is 0.179. The van der Waals surface area contributed by atoms with Gasteiger partial charge in [-0.1, -0.05) is 0 Å². The summed E-state index contributed by atoms with van der Waals surface area (Å²) in [6.07, 6.45) is 4.70. The zero-order chi connectivity index (χ0) is 19.2. The van der Waals surface area contributed by atoms with Crippen LogP contribution < -0.4 is 16.2 Å². The van der Waals surface area contributed by atoms with E-state index in [-0.39, 0.29) is 10.3 Å². The molecule has 0 saturated heterocycles. The van der Waals surface area contributed by atoms with Crippen molar-refractivity contribution in [3.05, 3.63) is 49.3 Å². The van der Waals surface area contributed by atoms with Crippen LogP contribution in [0.4, 0.5) is 13.4 Å². The Bertz CT molecular complexity index is 1110. The van der Waals surface area contributed by atoms with Crippen molar-refractivity contribution >= 4 is 18.1 Å². The number of quaternary nitrogens is 1. The lowest BCUT2D eigenvalue weighted by molar-refractivity contribution is -1.23. The third-order valence-corrected chi connectivity index (χ3v) is 3.84. The van der Waals surface area contributed by atoms with E-state index in [9.17, 15) is 27.7 Å². The molecule has 2 aromatic rings. The van der Waals surface area contributed by atoms with Gasteiger partial charge < -0.3 is 0 Å². The van der Waals surface area contributed by atoms with Gasteiger partial charge in [-0.25, -0.2) is 28.2 Å². The summed E-state index contributed by atoms with van der Waals surface area (Å²) in [4.78, 5) is 44.2. The number of fused-ring (bicyclic) bond motifs is 1. The van der Waals surface area contributed by atoms with Crippen molar-refractivity contribution in [2.75, 3.05) is 0 Å². The van der Waals surface area contributed by atoms with Crippen molar-refractivity contribution in [2.24, 2.45) is 0 Å². The van der Waals surface area contributed by atoms with Crippen LogP contribution in [-0.4, -0.2) is 25.5 Å². The second-order valence-corrected chi connectivity index (χ2v) is 5.63. The van der Waals surface area contributed by atoms with E-state index in [2.05, 4.69) is 32.9 Å². The Balaban J connectivity index is 2.30. The molecule has 134 valence electrons. The number of rotatable bonds is 2. The molecule has 3 rings (SSSR count). The first-order valence-corrected chi connectivity index (χ1v) is 7.32. The molecular formula is C14H8F3N4O4S+. The van der Waals surface area contributed by atoms with Crippen LogP contribution in [0.1, 0.15) is 17.9 Å². The molecule has 0 saturated carbocycles. The van der Waals surface area contributed by atoms with Crippen molar-refractivity contribution < 1.29 is 28.1 Å². The number of H-pyrrole nitrogens is 2. The molecule has 0 radical (unpaired) electrons. The van der Waals surface area contributed by atoms with Crippen molar-refractivity contribution in [3.8, 4) is 23.8 Å². The highest BCUT2D eigenvalue weighted by Crippen LogP contribution is 2.41. The van der Waals surface area contributed by atoms with Crippen LogP contribution in [0.3, 0.4) is 0 Å². The molecular weight excluding hydrogens is 377 g/mol. The van der Waals surface area contributed by atoms with Gasteiger partial charge in [0.15, 0.2) is 10.6 Å². The number of nitrogens with one attached hydrogen (secondary N) is 2. The van der Waals surface area contributed by atoms with E-state index in [1.165, 1.54) is 0 Å². The fraction of sp³-hybridized carbons (Fsp3) is 0.143. The quantitative estimate of drug-likeness (QED) is 0.461. The third kappa shape index (κ3) is 2.72. The van der Waals surface area contributed by atoms with Gasteiger partial charge in [-0.05, 0) is 18.3 Å². The lowest BCUT2D eigenvalue weighted by atomic mass is 9.92. The summed E-state index contributed by atoms with van der Waals surface area (Å²) < 4.78 is 41.7. The molecule has 1 aliphatic rings. The highest BCUT2D eigenvalue weighted by atomic mass is 32.1. The first-order chi connectivity index (χ1) is 12.2. The van der Waals surface area contributed by atoms with Crippen LogP contribution in [0.5, 0.6) is 5.75 Å². The van der Waals surface area contributed by atoms with E-state index in [1.54, 1.807) is 0 Å². The minimum atomic E-state index is -3.46. The Morgan fingerprint density at radius 2 is 1.88 bits per heavy atom. The Morgan fingerprint density at radius 1 is 1.27 bits per heavy atom. The average Bonchev–Trinajstić information content (AvgIpc) is 2.52. The van der Waals surface area contributed by atoms with Gasteiger partial charge in [0, 0.05) is 18.1 Å². The number of amides is 1. The predicted octanol–water partition coefficient (Wildman–Crippen LogP) is 1.25. The molecule has 1 aromatic carbocycles. The molecule has 2 N–H and O–H groups in total. The van der Waals surface area contributed by atoms with Gasteiger partial charge >= 0.3 is 22.4 Å². The Hall–Kier alpha value is -3.17. The van der Waals surface area contributed by atoms with E-state index >= 15 is 0 Å². The molecule has 0 bridgehead atoms. The van der Waals surface area contributed by atoms with Crippen LogP contribution in [0.2, 0.25) is 0 Å². The van der Waals surface area contributed by atoms with Gasteiger partial charge in [0.2, 0.25) is 5.75 Å². The second-order valence-electron chi connectivity index (χ2n) is 5.22. The molecule has 2 heterocycles. The SMILES string of the molecule is C#CCC1C(=O)[N+](F)(F)Oc2cc(F)c(-n3c(=O)[nH]c(=S)[nH]c3=O)cc21. The summed E-state index contributed by atoms with van der Waals surface area (Å²) in [6, 6.07) is 1.43. The largest absolute Gasteiger partial charge is 0.446 e. The van der Waals surface area contributed by atoms with Gasteiger partial charge in [-0.2, -0.15) is 0 Å². The fourth-order valence-electron chi connectivity index (χ4n) is 2.53.